The van der Waals surface area contributed by atoms with Gasteiger partial charge in [0.2, 0.25) is 0 Å². The summed E-state index contributed by atoms with van der Waals surface area (Å²) in [4.78, 5) is 5.91. The highest BCUT2D eigenvalue weighted by Gasteiger charge is 2.18. The Labute approximate surface area is 125 Å². The molecule has 0 unspecified atom stereocenters. The Morgan fingerprint density at radius 1 is 1.14 bits per heavy atom. The molecule has 2 heteroatoms. The molecule has 1 aliphatic rings. The first-order valence-corrected chi connectivity index (χ1v) is 7.71. The number of H-pyrrole nitrogens is 1. The number of nitrogens with one attached hydrogen (secondary N) is 1. The molecule has 1 N–H and O–H groups in total. The van der Waals surface area contributed by atoms with Crippen LogP contribution in [0.15, 0.2) is 48.7 Å². The van der Waals surface area contributed by atoms with E-state index in [0.29, 0.717) is 0 Å². The van der Waals surface area contributed by atoms with Gasteiger partial charge in [-0.05, 0) is 49.1 Å². The van der Waals surface area contributed by atoms with E-state index in [0.717, 1.165) is 19.5 Å². The second-order valence-corrected chi connectivity index (χ2v) is 5.98. The van der Waals surface area contributed by atoms with Crippen molar-refractivity contribution in [3.8, 4) is 0 Å². The zero-order chi connectivity index (χ0) is 14.2. The SMILES string of the molecule is Cc1ccc2[nH]cc(CCN3CCc4ccccc43)c2c1. The van der Waals surface area contributed by atoms with E-state index >= 15 is 0 Å². The van der Waals surface area contributed by atoms with E-state index in [-0.39, 0.29) is 0 Å². The number of rotatable bonds is 3. The number of fused-ring (bicyclic) bond motifs is 2. The highest BCUT2D eigenvalue weighted by molar-refractivity contribution is 5.83. The maximum Gasteiger partial charge on any atom is 0.0456 e. The van der Waals surface area contributed by atoms with Crippen molar-refractivity contribution in [2.75, 3.05) is 18.0 Å². The monoisotopic (exact) mass is 276 g/mol. The van der Waals surface area contributed by atoms with Crippen molar-refractivity contribution in [2.24, 2.45) is 0 Å². The first-order valence-electron chi connectivity index (χ1n) is 7.71. The lowest BCUT2D eigenvalue weighted by Gasteiger charge is -2.19. The van der Waals surface area contributed by atoms with E-state index in [1.54, 1.807) is 0 Å². The van der Waals surface area contributed by atoms with Crippen molar-refractivity contribution in [1.82, 2.24) is 4.98 Å². The van der Waals surface area contributed by atoms with Gasteiger partial charge in [-0.2, -0.15) is 0 Å². The minimum atomic E-state index is 1.10. The van der Waals surface area contributed by atoms with Crippen molar-refractivity contribution in [1.29, 1.82) is 0 Å². The molecule has 0 aliphatic carbocycles. The number of nitrogens with zero attached hydrogens (tertiary/aromatic N) is 1. The van der Waals surface area contributed by atoms with Crippen LogP contribution in [0, 0.1) is 6.92 Å². The number of aromatic amines is 1. The van der Waals surface area contributed by atoms with Crippen LogP contribution in [0.4, 0.5) is 5.69 Å². The van der Waals surface area contributed by atoms with E-state index in [2.05, 4.69) is 65.5 Å². The molecule has 1 aliphatic heterocycles. The Bertz CT molecular complexity index is 785. The van der Waals surface area contributed by atoms with Crippen LogP contribution >= 0.6 is 0 Å². The van der Waals surface area contributed by atoms with Gasteiger partial charge in [-0.25, -0.2) is 0 Å². The molecule has 2 nitrogen and oxygen atoms in total. The molecule has 21 heavy (non-hydrogen) atoms. The van der Waals surface area contributed by atoms with Gasteiger partial charge in [-0.3, -0.25) is 0 Å². The predicted molar refractivity (Wildman–Crippen MR) is 89.1 cm³/mol. The van der Waals surface area contributed by atoms with Gasteiger partial charge in [-0.15, -0.1) is 0 Å². The van der Waals surface area contributed by atoms with Crippen LogP contribution < -0.4 is 4.90 Å². The number of hydrogen-bond donors (Lipinski definition) is 1. The molecular formula is C19H20N2. The van der Waals surface area contributed by atoms with Crippen LogP contribution in [0.3, 0.4) is 0 Å². The van der Waals surface area contributed by atoms with Crippen LogP contribution in [-0.4, -0.2) is 18.1 Å². The molecule has 0 fully saturated rings. The average Bonchev–Trinajstić information content (AvgIpc) is 3.09. The summed E-state index contributed by atoms with van der Waals surface area (Å²) >= 11 is 0. The smallest absolute Gasteiger partial charge is 0.0456 e. The van der Waals surface area contributed by atoms with Crippen molar-refractivity contribution in [3.05, 3.63) is 65.4 Å². The Morgan fingerprint density at radius 2 is 2.05 bits per heavy atom. The van der Waals surface area contributed by atoms with E-state index < -0.39 is 0 Å². The van der Waals surface area contributed by atoms with Crippen LogP contribution in [0.1, 0.15) is 16.7 Å². The molecular weight excluding hydrogens is 256 g/mol. The summed E-state index contributed by atoms with van der Waals surface area (Å²) in [6.45, 7) is 4.41. The summed E-state index contributed by atoms with van der Waals surface area (Å²) in [6, 6.07) is 15.4. The number of para-hydroxylation sites is 1. The number of aryl methyl sites for hydroxylation is 1. The predicted octanol–water partition coefficient (Wildman–Crippen LogP) is 4.08. The second-order valence-electron chi connectivity index (χ2n) is 5.98. The first-order chi connectivity index (χ1) is 10.3. The van der Waals surface area contributed by atoms with Crippen molar-refractivity contribution < 1.29 is 0 Å². The summed E-state index contributed by atoms with van der Waals surface area (Å²) in [5, 5.41) is 1.38. The van der Waals surface area contributed by atoms with Gasteiger partial charge in [0.1, 0.15) is 0 Å². The second kappa shape index (κ2) is 4.96. The molecule has 0 atom stereocenters. The quantitative estimate of drug-likeness (QED) is 0.763. The Morgan fingerprint density at radius 3 is 3.00 bits per heavy atom. The van der Waals surface area contributed by atoms with Gasteiger partial charge >= 0.3 is 0 Å². The van der Waals surface area contributed by atoms with Gasteiger partial charge in [0.05, 0.1) is 0 Å². The fraction of sp³-hybridized carbons (Fsp3) is 0.263. The zero-order valence-corrected chi connectivity index (χ0v) is 12.4. The molecule has 0 radical (unpaired) electrons. The Balaban J connectivity index is 1.56. The Hall–Kier alpha value is -2.22. The molecule has 3 aromatic rings. The van der Waals surface area contributed by atoms with Gasteiger partial charge in [0, 0.05) is 35.9 Å². The minimum Gasteiger partial charge on any atom is -0.371 e. The lowest BCUT2D eigenvalue weighted by molar-refractivity contribution is 0.816. The third-order valence-electron chi connectivity index (χ3n) is 4.56. The summed E-state index contributed by atoms with van der Waals surface area (Å²) in [6.07, 6.45) is 4.45. The number of anilines is 1. The Kier molecular flexibility index (Phi) is 2.95. The van der Waals surface area contributed by atoms with Crippen molar-refractivity contribution in [2.45, 2.75) is 19.8 Å². The molecule has 0 saturated carbocycles. The molecule has 2 aromatic carbocycles. The molecule has 4 rings (SSSR count). The third kappa shape index (κ3) is 2.21. The maximum absolute atomic E-state index is 3.39. The van der Waals surface area contributed by atoms with Crippen LogP contribution in [0.25, 0.3) is 10.9 Å². The van der Waals surface area contributed by atoms with Gasteiger partial charge < -0.3 is 9.88 Å². The van der Waals surface area contributed by atoms with Crippen molar-refractivity contribution in [3.63, 3.8) is 0 Å². The van der Waals surface area contributed by atoms with E-state index in [1.807, 2.05) is 0 Å². The molecule has 0 saturated heterocycles. The summed E-state index contributed by atoms with van der Waals surface area (Å²) < 4.78 is 0. The van der Waals surface area contributed by atoms with Gasteiger partial charge in [0.25, 0.3) is 0 Å². The fourth-order valence-corrected chi connectivity index (χ4v) is 3.39. The molecule has 2 heterocycles. The number of benzene rings is 2. The lowest BCUT2D eigenvalue weighted by Crippen LogP contribution is -2.23. The first kappa shape index (κ1) is 12.5. The molecule has 0 bridgehead atoms. The highest BCUT2D eigenvalue weighted by atomic mass is 15.1. The normalized spacial score (nSPS) is 13.9. The van der Waals surface area contributed by atoms with Gasteiger partial charge in [0.15, 0.2) is 0 Å². The fourth-order valence-electron chi connectivity index (χ4n) is 3.39. The topological polar surface area (TPSA) is 19.0 Å². The standard InChI is InChI=1S/C19H20N2/c1-14-6-7-18-17(12-14)16(13-20-18)9-11-21-10-8-15-4-2-3-5-19(15)21/h2-7,12-13,20H,8-11H2,1H3. The largest absolute Gasteiger partial charge is 0.371 e. The summed E-state index contributed by atoms with van der Waals surface area (Å²) in [7, 11) is 0. The molecule has 106 valence electrons. The molecule has 0 spiro atoms. The molecule has 1 aromatic heterocycles. The average molecular weight is 276 g/mol. The van der Waals surface area contributed by atoms with Crippen molar-refractivity contribution >= 4 is 16.6 Å². The maximum atomic E-state index is 3.39. The third-order valence-corrected chi connectivity index (χ3v) is 4.56. The summed E-state index contributed by atoms with van der Waals surface area (Å²) in [5.74, 6) is 0. The summed E-state index contributed by atoms with van der Waals surface area (Å²) in [5.41, 5.74) is 6.92. The van der Waals surface area contributed by atoms with Crippen LogP contribution in [0.5, 0.6) is 0 Å². The van der Waals surface area contributed by atoms with E-state index in [1.165, 1.54) is 39.7 Å². The van der Waals surface area contributed by atoms with E-state index in [4.69, 9.17) is 0 Å². The number of aromatic nitrogens is 1. The number of hydrogen-bond acceptors (Lipinski definition) is 1. The highest BCUT2D eigenvalue weighted by Crippen LogP contribution is 2.28. The van der Waals surface area contributed by atoms with Crippen LogP contribution in [-0.2, 0) is 12.8 Å². The van der Waals surface area contributed by atoms with Gasteiger partial charge in [-0.1, -0.05) is 29.8 Å². The van der Waals surface area contributed by atoms with E-state index in [9.17, 15) is 0 Å². The zero-order valence-electron chi connectivity index (χ0n) is 12.4. The lowest BCUT2D eigenvalue weighted by atomic mass is 10.1. The minimum absolute atomic E-state index is 1.10. The molecule has 0 amide bonds. The van der Waals surface area contributed by atoms with Crippen LogP contribution in [0.2, 0.25) is 0 Å².